The minimum Gasteiger partial charge on any atom is -0.348 e. The summed E-state index contributed by atoms with van der Waals surface area (Å²) >= 11 is 6.13. The van der Waals surface area contributed by atoms with Gasteiger partial charge < -0.3 is 5.32 Å². The van der Waals surface area contributed by atoms with Gasteiger partial charge in [-0.25, -0.2) is 17.8 Å². The summed E-state index contributed by atoms with van der Waals surface area (Å²) in [5.74, 6) is 0.214. The molecule has 2 aliphatic rings. The molecule has 1 aliphatic heterocycles. The van der Waals surface area contributed by atoms with Gasteiger partial charge >= 0.3 is 0 Å². The molecular weight excluding hydrogens is 421 g/mol. The van der Waals surface area contributed by atoms with Crippen LogP contribution in [0.2, 0.25) is 5.02 Å². The highest BCUT2D eigenvalue weighted by Crippen LogP contribution is 2.31. The summed E-state index contributed by atoms with van der Waals surface area (Å²) in [6.45, 7) is 0.0271. The van der Waals surface area contributed by atoms with E-state index in [1.165, 1.54) is 0 Å². The Hall–Kier alpha value is -1.78. The van der Waals surface area contributed by atoms with Gasteiger partial charge in [-0.3, -0.25) is 9.36 Å². The molecule has 0 spiro atoms. The molecule has 2 aromatic rings. The number of alkyl halides is 1. The lowest BCUT2D eigenvalue weighted by Gasteiger charge is -2.33. The molecule has 0 unspecified atom stereocenters. The van der Waals surface area contributed by atoms with Gasteiger partial charge in [0.25, 0.3) is 5.56 Å². The number of sulfonamides is 1. The number of anilines is 1. The van der Waals surface area contributed by atoms with Crippen LogP contribution in [0.5, 0.6) is 0 Å². The molecule has 2 atom stereocenters. The molecule has 11 heteroatoms. The van der Waals surface area contributed by atoms with E-state index in [1.54, 1.807) is 16.8 Å². The van der Waals surface area contributed by atoms with E-state index in [9.17, 15) is 17.6 Å². The summed E-state index contributed by atoms with van der Waals surface area (Å²) in [5, 5.41) is 3.76. The highest BCUT2D eigenvalue weighted by Gasteiger charge is 2.33. The van der Waals surface area contributed by atoms with E-state index < -0.39 is 22.2 Å². The first-order valence-electron chi connectivity index (χ1n) is 9.67. The first kappa shape index (κ1) is 20.5. The zero-order valence-electron chi connectivity index (χ0n) is 16.0. The van der Waals surface area contributed by atoms with Gasteiger partial charge in [0.15, 0.2) is 0 Å². The third-order valence-corrected chi connectivity index (χ3v) is 7.25. The largest absolute Gasteiger partial charge is 0.348 e. The van der Waals surface area contributed by atoms with Crippen molar-refractivity contribution >= 4 is 38.6 Å². The first-order valence-corrected chi connectivity index (χ1v) is 11.9. The lowest BCUT2D eigenvalue weighted by atomic mass is 10.1. The fraction of sp³-hybridized carbons (Fsp3) is 0.611. The molecule has 1 saturated heterocycles. The molecule has 4 rings (SSSR count). The van der Waals surface area contributed by atoms with E-state index in [-0.39, 0.29) is 35.7 Å². The Morgan fingerprint density at radius 2 is 2.00 bits per heavy atom. The third kappa shape index (κ3) is 4.10. The van der Waals surface area contributed by atoms with Crippen LogP contribution in [-0.2, 0) is 10.0 Å². The standard InChI is InChI=1S/C18H23ClFN5O3S/c1-29(27,28)24-7-6-15(14(20)10-24)22-18-21-9-11-8-13(19)17(26)25(16(11)23-18)12-4-2-3-5-12/h8-9,12,14-15H,2-7,10H2,1H3,(H,21,22,23)/t14-,15+/m0/s1. The molecule has 0 bridgehead atoms. The van der Waals surface area contributed by atoms with Gasteiger partial charge in [-0.2, -0.15) is 9.29 Å². The molecule has 29 heavy (non-hydrogen) atoms. The topological polar surface area (TPSA) is 97.2 Å². The number of rotatable bonds is 4. The SMILES string of the molecule is CS(=O)(=O)N1CC[C@@H](Nc2ncc3cc(Cl)c(=O)n(C4CCCC4)c3n2)[C@@H](F)C1. The lowest BCUT2D eigenvalue weighted by Crippen LogP contribution is -2.49. The molecule has 1 aliphatic carbocycles. The van der Waals surface area contributed by atoms with E-state index >= 15 is 0 Å². The van der Waals surface area contributed by atoms with Crippen LogP contribution in [0.3, 0.4) is 0 Å². The zero-order chi connectivity index (χ0) is 20.8. The van der Waals surface area contributed by atoms with Crippen LogP contribution in [0, 0.1) is 0 Å². The van der Waals surface area contributed by atoms with Crippen LogP contribution in [0.4, 0.5) is 10.3 Å². The van der Waals surface area contributed by atoms with Crippen LogP contribution in [0.25, 0.3) is 11.0 Å². The van der Waals surface area contributed by atoms with Gasteiger partial charge in [0, 0.05) is 30.7 Å². The molecule has 0 radical (unpaired) electrons. The summed E-state index contributed by atoms with van der Waals surface area (Å²) in [6, 6.07) is 0.986. The van der Waals surface area contributed by atoms with Crippen molar-refractivity contribution in [3.63, 3.8) is 0 Å². The molecule has 8 nitrogen and oxygen atoms in total. The highest BCUT2D eigenvalue weighted by molar-refractivity contribution is 7.88. The van der Waals surface area contributed by atoms with E-state index in [1.807, 2.05) is 0 Å². The van der Waals surface area contributed by atoms with Crippen LogP contribution < -0.4 is 10.9 Å². The summed E-state index contributed by atoms with van der Waals surface area (Å²) in [7, 11) is -3.42. The first-order chi connectivity index (χ1) is 13.7. The van der Waals surface area contributed by atoms with Gasteiger partial charge in [-0.05, 0) is 25.3 Å². The molecule has 0 amide bonds. The molecule has 3 heterocycles. The number of piperidine rings is 1. The second-order valence-corrected chi connectivity index (χ2v) is 10.1. The van der Waals surface area contributed by atoms with Crippen LogP contribution in [0.15, 0.2) is 17.1 Å². The Labute approximate surface area is 173 Å². The monoisotopic (exact) mass is 443 g/mol. The molecule has 0 aromatic carbocycles. The predicted molar refractivity (Wildman–Crippen MR) is 110 cm³/mol. The van der Waals surface area contributed by atoms with Crippen LogP contribution in [-0.4, -0.2) is 58.8 Å². The van der Waals surface area contributed by atoms with Crippen molar-refractivity contribution < 1.29 is 12.8 Å². The van der Waals surface area contributed by atoms with Gasteiger partial charge in [-0.1, -0.05) is 24.4 Å². The highest BCUT2D eigenvalue weighted by atomic mass is 35.5. The number of halogens is 2. The number of hydrogen-bond acceptors (Lipinski definition) is 6. The second-order valence-electron chi connectivity index (χ2n) is 7.75. The number of hydrogen-bond donors (Lipinski definition) is 1. The number of aromatic nitrogens is 3. The van der Waals surface area contributed by atoms with E-state index in [2.05, 4.69) is 15.3 Å². The Kier molecular flexibility index (Phi) is 5.52. The van der Waals surface area contributed by atoms with Crippen molar-refractivity contribution in [3.8, 4) is 0 Å². The minimum atomic E-state index is -3.42. The number of nitrogens with one attached hydrogen (secondary N) is 1. The number of pyridine rings is 1. The third-order valence-electron chi connectivity index (χ3n) is 5.71. The molecule has 158 valence electrons. The Morgan fingerprint density at radius 1 is 1.28 bits per heavy atom. The van der Waals surface area contributed by atoms with Crippen molar-refractivity contribution in [2.75, 3.05) is 24.7 Å². The second kappa shape index (κ2) is 7.81. The lowest BCUT2D eigenvalue weighted by molar-refractivity contribution is 0.186. The van der Waals surface area contributed by atoms with Crippen molar-refractivity contribution in [2.24, 2.45) is 0 Å². The van der Waals surface area contributed by atoms with E-state index in [0.717, 1.165) is 36.2 Å². The fourth-order valence-corrected chi connectivity index (χ4v) is 5.22. The maximum Gasteiger partial charge on any atom is 0.271 e. The average molecular weight is 444 g/mol. The Morgan fingerprint density at radius 3 is 2.66 bits per heavy atom. The molecule has 2 aromatic heterocycles. The molecule has 2 fully saturated rings. The Bertz CT molecular complexity index is 1090. The maximum atomic E-state index is 14.6. The van der Waals surface area contributed by atoms with Gasteiger partial charge in [0.05, 0.1) is 12.3 Å². The van der Waals surface area contributed by atoms with Crippen molar-refractivity contribution in [1.29, 1.82) is 0 Å². The minimum absolute atomic E-state index is 0.0402. The molecule has 1 N–H and O–H groups in total. The maximum absolute atomic E-state index is 14.6. The van der Waals surface area contributed by atoms with Gasteiger partial charge in [-0.15, -0.1) is 0 Å². The van der Waals surface area contributed by atoms with Gasteiger partial charge in [0.1, 0.15) is 16.8 Å². The summed E-state index contributed by atoms with van der Waals surface area (Å²) in [5.41, 5.74) is 0.202. The van der Waals surface area contributed by atoms with Crippen molar-refractivity contribution in [1.82, 2.24) is 18.8 Å². The Balaban J connectivity index is 1.63. The number of fused-ring (bicyclic) bond motifs is 1. The fourth-order valence-electron chi connectivity index (χ4n) is 4.16. The average Bonchev–Trinajstić information content (AvgIpc) is 3.18. The zero-order valence-corrected chi connectivity index (χ0v) is 17.6. The summed E-state index contributed by atoms with van der Waals surface area (Å²) in [4.78, 5) is 21.4. The molecule has 1 saturated carbocycles. The normalized spacial score (nSPS) is 24.2. The van der Waals surface area contributed by atoms with Crippen molar-refractivity contribution in [2.45, 2.75) is 50.4 Å². The smallest absolute Gasteiger partial charge is 0.271 e. The molecular formula is C18H23ClFN5O3S. The number of nitrogens with zero attached hydrogens (tertiary/aromatic N) is 4. The van der Waals surface area contributed by atoms with Gasteiger partial charge in [0.2, 0.25) is 16.0 Å². The van der Waals surface area contributed by atoms with E-state index in [4.69, 9.17) is 11.6 Å². The van der Waals surface area contributed by atoms with Crippen LogP contribution >= 0.6 is 11.6 Å². The predicted octanol–water partition coefficient (Wildman–Crippen LogP) is 2.34. The van der Waals surface area contributed by atoms with Crippen molar-refractivity contribution in [3.05, 3.63) is 27.6 Å². The summed E-state index contributed by atoms with van der Waals surface area (Å²) in [6.07, 6.45) is 5.42. The quantitative estimate of drug-likeness (QED) is 0.779. The van der Waals surface area contributed by atoms with E-state index in [0.29, 0.717) is 17.5 Å². The summed E-state index contributed by atoms with van der Waals surface area (Å²) < 4.78 is 40.6. The van der Waals surface area contributed by atoms with Crippen LogP contribution in [0.1, 0.15) is 38.1 Å².